The zero-order valence-corrected chi connectivity index (χ0v) is 15.7. The Hall–Kier alpha value is -2.99. The minimum Gasteiger partial charge on any atom is -0.356 e. The van der Waals surface area contributed by atoms with Crippen molar-refractivity contribution in [1.82, 2.24) is 19.9 Å². The second-order valence-electron chi connectivity index (χ2n) is 6.72. The number of hydrogen-bond acceptors (Lipinski definition) is 4. The molecule has 1 amide bonds. The zero-order valence-electron chi connectivity index (χ0n) is 14.8. The lowest BCUT2D eigenvalue weighted by atomic mass is 9.94. The number of amides is 1. The lowest BCUT2D eigenvalue weighted by Gasteiger charge is -2.35. The standard InChI is InChI=1S/C21H18N4OS/c1-13-23-18(12-27-13)21(26)25-11-9-15-14-6-2-3-7-16(14)24-19(15)20(25)17-8-4-5-10-22-17/h2-8,10,12,20,24H,9,11H2,1H3/t20-/m1/s1. The second-order valence-corrected chi connectivity index (χ2v) is 7.78. The summed E-state index contributed by atoms with van der Waals surface area (Å²) in [6.45, 7) is 2.56. The number of H-pyrrole nitrogens is 1. The molecular formula is C21H18N4OS. The van der Waals surface area contributed by atoms with Gasteiger partial charge in [0, 0.05) is 34.7 Å². The molecule has 5 nitrogen and oxygen atoms in total. The normalized spacial score (nSPS) is 16.5. The fourth-order valence-corrected chi connectivity index (χ4v) is 4.50. The van der Waals surface area contributed by atoms with Crippen molar-refractivity contribution < 1.29 is 4.79 Å². The third-order valence-corrected chi connectivity index (χ3v) is 5.87. The van der Waals surface area contributed by atoms with E-state index in [9.17, 15) is 4.79 Å². The van der Waals surface area contributed by atoms with Gasteiger partial charge < -0.3 is 9.88 Å². The topological polar surface area (TPSA) is 61.9 Å². The number of hydrogen-bond donors (Lipinski definition) is 1. The van der Waals surface area contributed by atoms with Crippen molar-refractivity contribution in [2.24, 2.45) is 0 Å². The maximum absolute atomic E-state index is 13.3. The van der Waals surface area contributed by atoms with Crippen molar-refractivity contribution in [2.75, 3.05) is 6.54 Å². The Bertz CT molecular complexity index is 1130. The van der Waals surface area contributed by atoms with Crippen molar-refractivity contribution in [3.8, 4) is 0 Å². The summed E-state index contributed by atoms with van der Waals surface area (Å²) >= 11 is 1.50. The third kappa shape index (κ3) is 2.64. The number of aryl methyl sites for hydroxylation is 1. The molecule has 0 fully saturated rings. The number of rotatable bonds is 2. The maximum atomic E-state index is 13.3. The summed E-state index contributed by atoms with van der Waals surface area (Å²) in [5.74, 6) is -0.0423. The molecule has 0 bridgehead atoms. The average Bonchev–Trinajstić information content (AvgIpc) is 3.30. The van der Waals surface area contributed by atoms with Gasteiger partial charge in [0.2, 0.25) is 0 Å². The largest absolute Gasteiger partial charge is 0.356 e. The highest BCUT2D eigenvalue weighted by molar-refractivity contribution is 7.09. The maximum Gasteiger partial charge on any atom is 0.274 e. The Labute approximate surface area is 160 Å². The van der Waals surface area contributed by atoms with E-state index in [2.05, 4.69) is 33.2 Å². The van der Waals surface area contributed by atoms with Crippen LogP contribution in [0.5, 0.6) is 0 Å². The van der Waals surface area contributed by atoms with Crippen LogP contribution in [0.2, 0.25) is 0 Å². The smallest absolute Gasteiger partial charge is 0.274 e. The number of nitrogens with zero attached hydrogens (tertiary/aromatic N) is 3. The fraction of sp³-hybridized carbons (Fsp3) is 0.190. The van der Waals surface area contributed by atoms with Gasteiger partial charge in [-0.25, -0.2) is 4.98 Å². The van der Waals surface area contributed by atoms with Crippen LogP contribution in [0, 0.1) is 6.92 Å². The van der Waals surface area contributed by atoms with E-state index in [1.165, 1.54) is 22.3 Å². The quantitative estimate of drug-likeness (QED) is 0.574. The molecule has 0 saturated carbocycles. The Morgan fingerprint density at radius 3 is 2.85 bits per heavy atom. The molecule has 1 aliphatic rings. The van der Waals surface area contributed by atoms with E-state index >= 15 is 0 Å². The fourth-order valence-electron chi connectivity index (χ4n) is 3.91. The Kier molecular flexibility index (Phi) is 3.79. The van der Waals surface area contributed by atoms with Crippen LogP contribution < -0.4 is 0 Å². The van der Waals surface area contributed by atoms with E-state index in [0.29, 0.717) is 12.2 Å². The Morgan fingerprint density at radius 2 is 2.07 bits per heavy atom. The number of aromatic nitrogens is 3. The van der Waals surface area contributed by atoms with Gasteiger partial charge >= 0.3 is 0 Å². The summed E-state index contributed by atoms with van der Waals surface area (Å²) in [4.78, 5) is 27.7. The minimum atomic E-state index is -0.239. The average molecular weight is 374 g/mol. The first-order valence-electron chi connectivity index (χ1n) is 8.96. The van der Waals surface area contributed by atoms with Gasteiger partial charge in [0.1, 0.15) is 11.7 Å². The Balaban J connectivity index is 1.67. The highest BCUT2D eigenvalue weighted by Gasteiger charge is 2.36. The summed E-state index contributed by atoms with van der Waals surface area (Å²) in [6, 6.07) is 13.9. The van der Waals surface area contributed by atoms with Crippen LogP contribution in [0.15, 0.2) is 54.0 Å². The summed E-state index contributed by atoms with van der Waals surface area (Å²) in [5, 5.41) is 3.97. The van der Waals surface area contributed by atoms with Gasteiger partial charge in [0.15, 0.2) is 0 Å². The van der Waals surface area contributed by atoms with Crippen molar-refractivity contribution in [3.63, 3.8) is 0 Å². The highest BCUT2D eigenvalue weighted by Crippen LogP contribution is 2.38. The van der Waals surface area contributed by atoms with Crippen molar-refractivity contribution in [3.05, 3.63) is 81.7 Å². The molecule has 3 aromatic heterocycles. The first kappa shape index (κ1) is 16.2. The van der Waals surface area contributed by atoms with Crippen LogP contribution in [-0.2, 0) is 6.42 Å². The van der Waals surface area contributed by atoms with Crippen LogP contribution in [-0.4, -0.2) is 32.3 Å². The molecule has 0 unspecified atom stereocenters. The van der Waals surface area contributed by atoms with Crippen molar-refractivity contribution in [2.45, 2.75) is 19.4 Å². The molecule has 1 N–H and O–H groups in total. The number of fused-ring (bicyclic) bond motifs is 3. The molecule has 6 heteroatoms. The van der Waals surface area contributed by atoms with E-state index in [1.807, 2.05) is 41.5 Å². The van der Waals surface area contributed by atoms with Gasteiger partial charge in [-0.05, 0) is 37.1 Å². The number of carbonyl (C=O) groups excluding carboxylic acids is 1. The lowest BCUT2D eigenvalue weighted by molar-refractivity contribution is 0.0683. The number of carbonyl (C=O) groups is 1. The lowest BCUT2D eigenvalue weighted by Crippen LogP contribution is -2.41. The SMILES string of the molecule is Cc1nc(C(=O)N2CCc3c([nH]c4ccccc34)[C@H]2c2ccccn2)cs1. The summed E-state index contributed by atoms with van der Waals surface area (Å²) in [6.07, 6.45) is 2.60. The van der Waals surface area contributed by atoms with Crippen LogP contribution in [0.25, 0.3) is 10.9 Å². The summed E-state index contributed by atoms with van der Waals surface area (Å²) in [5.41, 5.74) is 4.81. The number of aromatic amines is 1. The molecule has 134 valence electrons. The van der Waals surface area contributed by atoms with Crippen LogP contribution >= 0.6 is 11.3 Å². The molecule has 1 aliphatic heterocycles. The van der Waals surface area contributed by atoms with E-state index in [0.717, 1.165) is 28.3 Å². The zero-order chi connectivity index (χ0) is 18.4. The third-order valence-electron chi connectivity index (χ3n) is 5.10. The van der Waals surface area contributed by atoms with Crippen molar-refractivity contribution >= 4 is 28.1 Å². The Morgan fingerprint density at radius 1 is 1.22 bits per heavy atom. The van der Waals surface area contributed by atoms with Gasteiger partial charge in [-0.3, -0.25) is 9.78 Å². The molecule has 0 radical (unpaired) electrons. The van der Waals surface area contributed by atoms with Gasteiger partial charge in [-0.1, -0.05) is 24.3 Å². The van der Waals surface area contributed by atoms with Gasteiger partial charge in [0.25, 0.3) is 5.91 Å². The molecule has 5 rings (SSSR count). The van der Waals surface area contributed by atoms with E-state index < -0.39 is 0 Å². The number of thiazole rings is 1. The predicted octanol–water partition coefficient (Wildman–Crippen LogP) is 4.12. The van der Waals surface area contributed by atoms with E-state index in [4.69, 9.17) is 0 Å². The van der Waals surface area contributed by atoms with Gasteiger partial charge in [-0.15, -0.1) is 11.3 Å². The number of pyridine rings is 1. The van der Waals surface area contributed by atoms with E-state index in [1.54, 1.807) is 6.20 Å². The van der Waals surface area contributed by atoms with Crippen LogP contribution in [0.1, 0.15) is 38.5 Å². The highest BCUT2D eigenvalue weighted by atomic mass is 32.1. The van der Waals surface area contributed by atoms with Gasteiger partial charge in [0.05, 0.1) is 10.7 Å². The molecule has 4 heterocycles. The molecule has 0 aliphatic carbocycles. The van der Waals surface area contributed by atoms with Crippen molar-refractivity contribution in [1.29, 1.82) is 0 Å². The molecule has 0 saturated heterocycles. The monoisotopic (exact) mass is 374 g/mol. The molecule has 0 spiro atoms. The van der Waals surface area contributed by atoms with E-state index in [-0.39, 0.29) is 11.9 Å². The first-order valence-corrected chi connectivity index (χ1v) is 9.84. The molecule has 1 atom stereocenters. The summed E-state index contributed by atoms with van der Waals surface area (Å²) < 4.78 is 0. The van der Waals surface area contributed by atoms with Gasteiger partial charge in [-0.2, -0.15) is 0 Å². The molecule has 27 heavy (non-hydrogen) atoms. The van der Waals surface area contributed by atoms with Crippen LogP contribution in [0.3, 0.4) is 0 Å². The molecule has 1 aromatic carbocycles. The molecule has 4 aromatic rings. The first-order chi connectivity index (χ1) is 13.2. The molecular weight excluding hydrogens is 356 g/mol. The summed E-state index contributed by atoms with van der Waals surface area (Å²) in [7, 11) is 0. The minimum absolute atomic E-state index is 0.0423. The number of para-hydroxylation sites is 1. The second kappa shape index (κ2) is 6.32. The van der Waals surface area contributed by atoms with Crippen LogP contribution in [0.4, 0.5) is 0 Å². The predicted molar refractivity (Wildman–Crippen MR) is 106 cm³/mol. The number of nitrogens with one attached hydrogen (secondary N) is 1. The number of benzene rings is 1.